The zero-order valence-corrected chi connectivity index (χ0v) is 16.7. The molecule has 0 radical (unpaired) electrons. The van der Waals surface area contributed by atoms with Gasteiger partial charge >= 0.3 is 5.97 Å². The van der Waals surface area contributed by atoms with Crippen LogP contribution in [0.25, 0.3) is 5.70 Å². The van der Waals surface area contributed by atoms with Crippen molar-refractivity contribution in [2.45, 2.75) is 6.61 Å². The molecule has 5 heteroatoms. The number of aliphatic imine (C=N–C) groups is 1. The highest BCUT2D eigenvalue weighted by Crippen LogP contribution is 2.22. The molecule has 0 fully saturated rings. The van der Waals surface area contributed by atoms with Gasteiger partial charge in [0.1, 0.15) is 12.7 Å². The van der Waals surface area contributed by atoms with Crippen LogP contribution in [0.4, 0.5) is 0 Å². The number of carbonyl (C=O) groups is 1. The number of hydrogen-bond acceptors (Lipinski definition) is 5. The third-order valence-corrected chi connectivity index (χ3v) is 4.69. The van der Waals surface area contributed by atoms with E-state index in [1.165, 1.54) is 0 Å². The van der Waals surface area contributed by atoms with E-state index in [-0.39, 0.29) is 18.0 Å². The van der Waals surface area contributed by atoms with Crippen molar-refractivity contribution < 1.29 is 9.53 Å². The number of nitriles is 1. The molecule has 4 rings (SSSR count). The number of allylic oxidation sites excluding steroid dienone is 1. The van der Waals surface area contributed by atoms with Crippen LogP contribution in [0.2, 0.25) is 0 Å². The standard InChI is InChI=1S/C26H19N3O2/c27-17-22(26(30)31-18-19-10-4-1-5-11-19)25-28-23(20-12-6-2-7-13-20)16-24(29-25)21-14-8-3-9-15-21/h1-16,28H,18H2. The highest BCUT2D eigenvalue weighted by Gasteiger charge is 2.22. The van der Waals surface area contributed by atoms with Crippen molar-refractivity contribution in [3.63, 3.8) is 0 Å². The van der Waals surface area contributed by atoms with Crippen molar-refractivity contribution in [1.29, 1.82) is 5.26 Å². The van der Waals surface area contributed by atoms with Gasteiger partial charge in [0.2, 0.25) is 0 Å². The number of benzene rings is 3. The molecule has 5 nitrogen and oxygen atoms in total. The second kappa shape index (κ2) is 9.38. The molecule has 0 atom stereocenters. The molecule has 1 aliphatic rings. The van der Waals surface area contributed by atoms with Crippen LogP contribution < -0.4 is 5.32 Å². The van der Waals surface area contributed by atoms with Crippen molar-refractivity contribution >= 4 is 17.4 Å². The summed E-state index contributed by atoms with van der Waals surface area (Å²) in [5.41, 5.74) is 3.85. The van der Waals surface area contributed by atoms with Gasteiger partial charge in [0, 0.05) is 11.3 Å². The lowest BCUT2D eigenvalue weighted by molar-refractivity contribution is -0.139. The maximum Gasteiger partial charge on any atom is 0.353 e. The third-order valence-electron chi connectivity index (χ3n) is 4.69. The van der Waals surface area contributed by atoms with Gasteiger partial charge in [-0.05, 0) is 17.2 Å². The van der Waals surface area contributed by atoms with Crippen LogP contribution in [0, 0.1) is 11.3 Å². The minimum absolute atomic E-state index is 0.0781. The lowest BCUT2D eigenvalue weighted by atomic mass is 10.0. The summed E-state index contributed by atoms with van der Waals surface area (Å²) >= 11 is 0. The Hall–Kier alpha value is -4.43. The van der Waals surface area contributed by atoms with Crippen LogP contribution in [-0.4, -0.2) is 11.7 Å². The average Bonchev–Trinajstić information content (AvgIpc) is 2.85. The summed E-state index contributed by atoms with van der Waals surface area (Å²) in [4.78, 5) is 17.3. The van der Waals surface area contributed by atoms with Crippen LogP contribution in [-0.2, 0) is 16.1 Å². The van der Waals surface area contributed by atoms with E-state index >= 15 is 0 Å². The minimum Gasteiger partial charge on any atom is -0.457 e. The van der Waals surface area contributed by atoms with E-state index in [0.717, 1.165) is 22.4 Å². The monoisotopic (exact) mass is 405 g/mol. The second-order valence-corrected chi connectivity index (χ2v) is 6.81. The number of esters is 1. The molecule has 0 spiro atoms. The molecule has 31 heavy (non-hydrogen) atoms. The van der Waals surface area contributed by atoms with Crippen molar-refractivity contribution in [2.24, 2.45) is 4.99 Å². The SMILES string of the molecule is N#CC(C(=O)OCc1ccccc1)=C1N=C(c2ccccc2)C=C(c2ccccc2)N1. The van der Waals surface area contributed by atoms with Crippen LogP contribution in [0.1, 0.15) is 16.7 Å². The third kappa shape index (κ3) is 4.77. The van der Waals surface area contributed by atoms with E-state index in [1.54, 1.807) is 0 Å². The zero-order chi connectivity index (χ0) is 21.5. The Bertz CT molecular complexity index is 1210. The molecule has 0 unspecified atom stereocenters. The Balaban J connectivity index is 1.70. The normalized spacial score (nSPS) is 14.4. The fraction of sp³-hybridized carbons (Fsp3) is 0.0385. The van der Waals surface area contributed by atoms with Gasteiger partial charge in [-0.1, -0.05) is 91.0 Å². The lowest BCUT2D eigenvalue weighted by Gasteiger charge is -2.19. The molecule has 150 valence electrons. The van der Waals surface area contributed by atoms with E-state index in [1.807, 2.05) is 103 Å². The molecular weight excluding hydrogens is 386 g/mol. The maximum atomic E-state index is 12.7. The van der Waals surface area contributed by atoms with Crippen LogP contribution in [0.5, 0.6) is 0 Å². The predicted octanol–water partition coefficient (Wildman–Crippen LogP) is 4.60. The number of ether oxygens (including phenoxy) is 1. The first-order chi connectivity index (χ1) is 15.2. The van der Waals surface area contributed by atoms with E-state index in [0.29, 0.717) is 5.71 Å². The molecule has 3 aromatic rings. The van der Waals surface area contributed by atoms with Gasteiger partial charge in [-0.15, -0.1) is 0 Å². The first kappa shape index (κ1) is 19.9. The number of hydrogen-bond donors (Lipinski definition) is 1. The Morgan fingerprint density at radius 3 is 2.06 bits per heavy atom. The number of rotatable bonds is 5. The van der Waals surface area contributed by atoms with Crippen LogP contribution >= 0.6 is 0 Å². The van der Waals surface area contributed by atoms with Gasteiger partial charge < -0.3 is 10.1 Å². The fourth-order valence-corrected chi connectivity index (χ4v) is 3.12. The highest BCUT2D eigenvalue weighted by atomic mass is 16.5. The lowest BCUT2D eigenvalue weighted by Crippen LogP contribution is -2.22. The predicted molar refractivity (Wildman–Crippen MR) is 119 cm³/mol. The summed E-state index contributed by atoms with van der Waals surface area (Å²) < 4.78 is 5.37. The van der Waals surface area contributed by atoms with Gasteiger partial charge in [0.25, 0.3) is 0 Å². The summed E-state index contributed by atoms with van der Waals surface area (Å²) in [6, 6.07) is 30.6. The smallest absolute Gasteiger partial charge is 0.353 e. The molecule has 0 amide bonds. The molecule has 1 aliphatic heterocycles. The number of carbonyl (C=O) groups excluding carboxylic acids is 1. The van der Waals surface area contributed by atoms with Gasteiger partial charge in [0.15, 0.2) is 11.4 Å². The summed E-state index contributed by atoms with van der Waals surface area (Å²) in [6.07, 6.45) is 1.90. The number of nitrogens with one attached hydrogen (secondary N) is 1. The van der Waals surface area contributed by atoms with Gasteiger partial charge in [-0.2, -0.15) is 5.26 Å². The van der Waals surface area contributed by atoms with Crippen molar-refractivity contribution in [1.82, 2.24) is 5.32 Å². The van der Waals surface area contributed by atoms with E-state index in [9.17, 15) is 10.1 Å². The zero-order valence-electron chi connectivity index (χ0n) is 16.7. The summed E-state index contributed by atoms with van der Waals surface area (Å²) in [6.45, 7) is 0.0781. The molecule has 0 saturated carbocycles. The Labute approximate surface area is 180 Å². The van der Waals surface area contributed by atoms with E-state index in [2.05, 4.69) is 10.3 Å². The van der Waals surface area contributed by atoms with E-state index in [4.69, 9.17) is 4.74 Å². The largest absolute Gasteiger partial charge is 0.457 e. The minimum atomic E-state index is -0.723. The van der Waals surface area contributed by atoms with Gasteiger partial charge in [-0.25, -0.2) is 9.79 Å². The molecule has 1 heterocycles. The molecule has 0 aliphatic carbocycles. The molecule has 0 bridgehead atoms. The van der Waals surface area contributed by atoms with E-state index < -0.39 is 5.97 Å². The van der Waals surface area contributed by atoms with Gasteiger partial charge in [0.05, 0.1) is 5.71 Å². The van der Waals surface area contributed by atoms with Crippen molar-refractivity contribution in [3.8, 4) is 6.07 Å². The Kier molecular flexibility index (Phi) is 6.01. The van der Waals surface area contributed by atoms with Crippen molar-refractivity contribution in [2.75, 3.05) is 0 Å². The van der Waals surface area contributed by atoms with Crippen LogP contribution in [0.3, 0.4) is 0 Å². The Morgan fingerprint density at radius 1 is 0.871 bits per heavy atom. The van der Waals surface area contributed by atoms with Crippen LogP contribution in [0.15, 0.2) is 113 Å². The molecule has 3 aromatic carbocycles. The first-order valence-electron chi connectivity index (χ1n) is 9.78. The molecule has 0 aromatic heterocycles. The average molecular weight is 405 g/mol. The topological polar surface area (TPSA) is 74.5 Å². The van der Waals surface area contributed by atoms with Crippen molar-refractivity contribution in [3.05, 3.63) is 125 Å². The first-order valence-corrected chi connectivity index (χ1v) is 9.78. The highest BCUT2D eigenvalue weighted by molar-refractivity contribution is 6.14. The molecule has 0 saturated heterocycles. The Morgan fingerprint density at radius 2 is 1.45 bits per heavy atom. The maximum absolute atomic E-state index is 12.7. The second-order valence-electron chi connectivity index (χ2n) is 6.81. The molecule has 1 N–H and O–H groups in total. The molecular formula is C26H19N3O2. The quantitative estimate of drug-likeness (QED) is 0.382. The number of nitrogens with zero attached hydrogens (tertiary/aromatic N) is 2. The summed E-state index contributed by atoms with van der Waals surface area (Å²) in [5.74, 6) is -0.555. The fourth-order valence-electron chi connectivity index (χ4n) is 3.12. The van der Waals surface area contributed by atoms with Gasteiger partial charge in [-0.3, -0.25) is 0 Å². The summed E-state index contributed by atoms with van der Waals surface area (Å²) in [5, 5.41) is 12.9. The summed E-state index contributed by atoms with van der Waals surface area (Å²) in [7, 11) is 0.